The molecule has 1 fully saturated rings. The quantitative estimate of drug-likeness (QED) is 0.524. The lowest BCUT2D eigenvalue weighted by Crippen LogP contribution is -2.52. The molecule has 9 heteroatoms. The molecule has 9 nitrogen and oxygen atoms in total. The molecular formula is C10H13N5O4. The second kappa shape index (κ2) is 4.26. The van der Waals surface area contributed by atoms with E-state index in [0.29, 0.717) is 11.3 Å². The smallest absolute Gasteiger partial charge is 0.404 e. The van der Waals surface area contributed by atoms with Gasteiger partial charge in [0.15, 0.2) is 5.54 Å². The highest BCUT2D eigenvalue weighted by Gasteiger charge is 2.49. The fourth-order valence-corrected chi connectivity index (χ4v) is 2.13. The Morgan fingerprint density at radius 1 is 1.58 bits per heavy atom. The minimum Gasteiger partial charge on any atom is -0.465 e. The summed E-state index contributed by atoms with van der Waals surface area (Å²) in [5, 5.41) is 19.5. The van der Waals surface area contributed by atoms with Crippen molar-refractivity contribution in [2.45, 2.75) is 12.5 Å². The summed E-state index contributed by atoms with van der Waals surface area (Å²) in [7, 11) is 1.67. The predicted octanol–water partition coefficient (Wildman–Crippen LogP) is -0.969. The van der Waals surface area contributed by atoms with Gasteiger partial charge in [0.1, 0.15) is 0 Å². The number of nitrogens with zero attached hydrogens (tertiary/aromatic N) is 2. The lowest BCUT2D eigenvalue weighted by Gasteiger charge is -2.25. The first-order valence-electron chi connectivity index (χ1n) is 5.46. The zero-order valence-corrected chi connectivity index (χ0v) is 10.4. The minimum atomic E-state index is -1.46. The van der Waals surface area contributed by atoms with E-state index >= 15 is 0 Å². The first kappa shape index (κ1) is 12.9. The number of carbonyl (C=O) groups is 3. The molecule has 2 rings (SSSR count). The van der Waals surface area contributed by atoms with Gasteiger partial charge >= 0.3 is 12.1 Å². The van der Waals surface area contributed by atoms with Crippen molar-refractivity contribution < 1.29 is 19.5 Å². The highest BCUT2D eigenvalue weighted by Crippen LogP contribution is 2.26. The fourth-order valence-electron chi connectivity index (χ4n) is 2.13. The van der Waals surface area contributed by atoms with Crippen LogP contribution < -0.4 is 16.0 Å². The van der Waals surface area contributed by atoms with Crippen molar-refractivity contribution in [1.29, 1.82) is 0 Å². The third-order valence-corrected chi connectivity index (χ3v) is 2.92. The zero-order chi connectivity index (χ0) is 14.2. The number of aromatic nitrogens is 2. The summed E-state index contributed by atoms with van der Waals surface area (Å²) in [5.41, 5.74) is -0.479. The number of urea groups is 1. The number of amides is 4. The van der Waals surface area contributed by atoms with E-state index in [1.807, 2.05) is 0 Å². The van der Waals surface area contributed by atoms with Crippen molar-refractivity contribution in [3.8, 4) is 0 Å². The van der Waals surface area contributed by atoms with Crippen LogP contribution in [-0.2, 0) is 17.4 Å². The Labute approximate surface area is 108 Å². The Hall–Kier alpha value is -2.58. The molecule has 1 aromatic rings. The number of imide groups is 1. The van der Waals surface area contributed by atoms with Crippen molar-refractivity contribution in [2.24, 2.45) is 7.05 Å². The summed E-state index contributed by atoms with van der Waals surface area (Å²) in [6.07, 6.45) is 0.291. The molecule has 1 saturated heterocycles. The lowest BCUT2D eigenvalue weighted by molar-refractivity contribution is -0.124. The van der Waals surface area contributed by atoms with E-state index < -0.39 is 23.6 Å². The van der Waals surface area contributed by atoms with Gasteiger partial charge in [-0.15, -0.1) is 0 Å². The molecule has 1 atom stereocenters. The monoisotopic (exact) mass is 267 g/mol. The Morgan fingerprint density at radius 2 is 2.26 bits per heavy atom. The molecule has 0 bridgehead atoms. The minimum absolute atomic E-state index is 0.271. The summed E-state index contributed by atoms with van der Waals surface area (Å²) in [6.45, 7) is 1.40. The topological polar surface area (TPSA) is 125 Å². The molecule has 1 unspecified atom stereocenters. The van der Waals surface area contributed by atoms with E-state index in [1.165, 1.54) is 4.68 Å². The third-order valence-electron chi connectivity index (χ3n) is 2.92. The van der Waals surface area contributed by atoms with Gasteiger partial charge in [-0.25, -0.2) is 9.59 Å². The maximum Gasteiger partial charge on any atom is 0.404 e. The van der Waals surface area contributed by atoms with Gasteiger partial charge < -0.3 is 15.7 Å². The molecule has 0 saturated carbocycles. The average molecular weight is 267 g/mol. The molecule has 19 heavy (non-hydrogen) atoms. The SMILES string of the molecule is Cc1nn(C)cc1C1(CNC(=O)O)NC(=O)NC1=O. The highest BCUT2D eigenvalue weighted by atomic mass is 16.4. The standard InChI is InChI=1S/C10H13N5O4/c1-5-6(3-15(2)14-5)10(4-11-9(18)19)7(16)12-8(17)13-10/h3,11H,4H2,1-2H3,(H,18,19)(H2,12,13,16,17). The van der Waals surface area contributed by atoms with Crippen molar-refractivity contribution in [3.63, 3.8) is 0 Å². The molecular weight excluding hydrogens is 254 g/mol. The number of nitrogens with one attached hydrogen (secondary N) is 3. The van der Waals surface area contributed by atoms with E-state index in [0.717, 1.165) is 0 Å². The largest absolute Gasteiger partial charge is 0.465 e. The summed E-state index contributed by atoms with van der Waals surface area (Å²) >= 11 is 0. The maximum atomic E-state index is 12.0. The van der Waals surface area contributed by atoms with Crippen LogP contribution in [0.15, 0.2) is 6.20 Å². The molecule has 0 radical (unpaired) electrons. The van der Waals surface area contributed by atoms with Crippen LogP contribution >= 0.6 is 0 Å². The van der Waals surface area contributed by atoms with Gasteiger partial charge in [-0.2, -0.15) is 5.10 Å². The maximum absolute atomic E-state index is 12.0. The second-order valence-corrected chi connectivity index (χ2v) is 4.27. The first-order chi connectivity index (χ1) is 8.85. The summed E-state index contributed by atoms with van der Waals surface area (Å²) in [5.74, 6) is -0.609. The number of hydrogen-bond donors (Lipinski definition) is 4. The number of hydrogen-bond acceptors (Lipinski definition) is 4. The van der Waals surface area contributed by atoms with Gasteiger partial charge in [0, 0.05) is 18.8 Å². The van der Waals surface area contributed by atoms with Crippen LogP contribution in [0.2, 0.25) is 0 Å². The van der Waals surface area contributed by atoms with Crippen molar-refractivity contribution >= 4 is 18.0 Å². The summed E-state index contributed by atoms with van der Waals surface area (Å²) in [6, 6.07) is -0.666. The normalized spacial score (nSPS) is 22.0. The Bertz CT molecular complexity index is 566. The van der Waals surface area contributed by atoms with E-state index in [9.17, 15) is 14.4 Å². The van der Waals surface area contributed by atoms with E-state index in [2.05, 4.69) is 21.0 Å². The molecule has 1 aliphatic rings. The van der Waals surface area contributed by atoms with Crippen molar-refractivity contribution in [3.05, 3.63) is 17.5 Å². The Balaban J connectivity index is 2.45. The molecule has 2 heterocycles. The van der Waals surface area contributed by atoms with Crippen LogP contribution in [0, 0.1) is 6.92 Å². The van der Waals surface area contributed by atoms with E-state index in [-0.39, 0.29) is 6.54 Å². The average Bonchev–Trinajstić information content (AvgIpc) is 2.77. The Morgan fingerprint density at radius 3 is 2.68 bits per heavy atom. The van der Waals surface area contributed by atoms with Crippen LogP contribution in [0.25, 0.3) is 0 Å². The number of carbonyl (C=O) groups excluding carboxylic acids is 2. The summed E-state index contributed by atoms with van der Waals surface area (Å²) in [4.78, 5) is 34.0. The molecule has 0 spiro atoms. The van der Waals surface area contributed by atoms with Gasteiger partial charge in [0.2, 0.25) is 0 Å². The van der Waals surface area contributed by atoms with Crippen molar-refractivity contribution in [2.75, 3.05) is 6.54 Å². The number of rotatable bonds is 3. The van der Waals surface area contributed by atoms with E-state index in [4.69, 9.17) is 5.11 Å². The summed E-state index contributed by atoms with van der Waals surface area (Å²) < 4.78 is 1.49. The lowest BCUT2D eigenvalue weighted by atomic mass is 9.90. The molecule has 0 aromatic carbocycles. The molecule has 1 aliphatic heterocycles. The van der Waals surface area contributed by atoms with Crippen LogP contribution in [-0.4, -0.2) is 39.5 Å². The van der Waals surface area contributed by atoms with Crippen LogP contribution in [0.1, 0.15) is 11.3 Å². The Kier molecular flexibility index (Phi) is 2.89. The van der Waals surface area contributed by atoms with Gasteiger partial charge in [-0.05, 0) is 6.92 Å². The third kappa shape index (κ3) is 2.09. The predicted molar refractivity (Wildman–Crippen MR) is 62.3 cm³/mol. The number of carboxylic acid groups (broad SMARTS) is 1. The molecule has 102 valence electrons. The van der Waals surface area contributed by atoms with Gasteiger partial charge in [0.05, 0.1) is 12.2 Å². The van der Waals surface area contributed by atoms with Crippen LogP contribution in [0.3, 0.4) is 0 Å². The van der Waals surface area contributed by atoms with Gasteiger partial charge in [0.25, 0.3) is 5.91 Å². The number of aryl methyl sites for hydroxylation is 2. The van der Waals surface area contributed by atoms with Gasteiger partial charge in [-0.1, -0.05) is 0 Å². The highest BCUT2D eigenvalue weighted by molar-refractivity contribution is 6.07. The van der Waals surface area contributed by atoms with E-state index in [1.54, 1.807) is 20.2 Å². The van der Waals surface area contributed by atoms with Crippen LogP contribution in [0.4, 0.5) is 9.59 Å². The van der Waals surface area contributed by atoms with Gasteiger partial charge in [-0.3, -0.25) is 14.8 Å². The fraction of sp³-hybridized carbons (Fsp3) is 0.400. The zero-order valence-electron chi connectivity index (χ0n) is 10.4. The molecule has 4 amide bonds. The first-order valence-corrected chi connectivity index (χ1v) is 5.46. The van der Waals surface area contributed by atoms with Crippen molar-refractivity contribution in [1.82, 2.24) is 25.7 Å². The second-order valence-electron chi connectivity index (χ2n) is 4.27. The molecule has 4 N–H and O–H groups in total. The molecule has 0 aliphatic carbocycles. The molecule has 1 aromatic heterocycles. The van der Waals surface area contributed by atoms with Crippen LogP contribution in [0.5, 0.6) is 0 Å².